The molecule has 8 nitrogen and oxygen atoms in total. The van der Waals surface area contributed by atoms with Crippen LogP contribution >= 0.6 is 0 Å². The van der Waals surface area contributed by atoms with Gasteiger partial charge in [0.2, 0.25) is 5.88 Å². The van der Waals surface area contributed by atoms with Gasteiger partial charge in [-0.3, -0.25) is 9.78 Å². The fraction of sp³-hybridized carbons (Fsp3) is 0.172. The Morgan fingerprint density at radius 1 is 0.973 bits per heavy atom. The van der Waals surface area contributed by atoms with Gasteiger partial charge in [0, 0.05) is 35.8 Å². The number of aromatic nitrogens is 4. The van der Waals surface area contributed by atoms with Gasteiger partial charge in [-0.25, -0.2) is 9.97 Å². The molecule has 0 fully saturated rings. The van der Waals surface area contributed by atoms with Crippen LogP contribution < -0.4 is 10.1 Å². The van der Waals surface area contributed by atoms with E-state index in [1.807, 2.05) is 42.5 Å². The number of carbonyl (C=O) groups is 1. The summed E-state index contributed by atoms with van der Waals surface area (Å²) in [5.41, 5.74) is 5.19. The van der Waals surface area contributed by atoms with E-state index in [1.54, 1.807) is 43.8 Å². The standard InChI is InChI=1S/C29H27N5O3/c1-37-29-22(9-6-16-32-29)19-11-13-26(35)23(17-19)27-33-24-12-10-20(18-25(24)34-27)28(36)31-15-5-3-8-21-7-2-4-14-30-21/h2,4,6-7,9-14,16-18,35H,3,5,8,15H2,1H3,(H,31,36)(H,33,34). The zero-order valence-electron chi connectivity index (χ0n) is 20.4. The average Bonchev–Trinajstić information content (AvgIpc) is 3.37. The Morgan fingerprint density at radius 2 is 1.86 bits per heavy atom. The van der Waals surface area contributed by atoms with Crippen molar-refractivity contribution in [3.63, 3.8) is 0 Å². The molecule has 3 N–H and O–H groups in total. The summed E-state index contributed by atoms with van der Waals surface area (Å²) in [4.78, 5) is 29.2. The highest BCUT2D eigenvalue weighted by atomic mass is 16.5. The smallest absolute Gasteiger partial charge is 0.251 e. The molecule has 37 heavy (non-hydrogen) atoms. The van der Waals surface area contributed by atoms with Gasteiger partial charge in [-0.05, 0) is 79.4 Å². The normalized spacial score (nSPS) is 10.9. The number of fused-ring (bicyclic) bond motifs is 1. The second kappa shape index (κ2) is 10.9. The fourth-order valence-electron chi connectivity index (χ4n) is 4.22. The summed E-state index contributed by atoms with van der Waals surface area (Å²) in [5.74, 6) is 0.951. The molecule has 5 aromatic rings. The molecule has 0 saturated heterocycles. The number of aromatic amines is 1. The number of hydrogen-bond donors (Lipinski definition) is 3. The first-order valence-electron chi connectivity index (χ1n) is 12.1. The van der Waals surface area contributed by atoms with E-state index < -0.39 is 0 Å². The van der Waals surface area contributed by atoms with Crippen molar-refractivity contribution < 1.29 is 14.6 Å². The second-order valence-electron chi connectivity index (χ2n) is 8.64. The third-order valence-electron chi connectivity index (χ3n) is 6.14. The largest absolute Gasteiger partial charge is 0.507 e. The number of carbonyl (C=O) groups excluding carboxylic acids is 1. The number of amides is 1. The minimum atomic E-state index is -0.141. The van der Waals surface area contributed by atoms with Crippen molar-refractivity contribution in [2.45, 2.75) is 19.3 Å². The summed E-state index contributed by atoms with van der Waals surface area (Å²) >= 11 is 0. The van der Waals surface area contributed by atoms with Crippen molar-refractivity contribution in [1.29, 1.82) is 0 Å². The van der Waals surface area contributed by atoms with Gasteiger partial charge in [0.15, 0.2) is 0 Å². The maximum absolute atomic E-state index is 12.7. The van der Waals surface area contributed by atoms with Crippen LogP contribution in [0.25, 0.3) is 33.5 Å². The second-order valence-corrected chi connectivity index (χ2v) is 8.64. The van der Waals surface area contributed by atoms with E-state index in [-0.39, 0.29) is 11.7 Å². The molecule has 0 aliphatic heterocycles. The topological polar surface area (TPSA) is 113 Å². The van der Waals surface area contributed by atoms with Crippen molar-refractivity contribution in [3.8, 4) is 34.1 Å². The molecule has 2 aromatic carbocycles. The molecular weight excluding hydrogens is 466 g/mol. The zero-order valence-corrected chi connectivity index (χ0v) is 20.4. The van der Waals surface area contributed by atoms with E-state index in [9.17, 15) is 9.90 Å². The molecule has 1 amide bonds. The highest BCUT2D eigenvalue weighted by Crippen LogP contribution is 2.35. The molecule has 3 heterocycles. The van der Waals surface area contributed by atoms with E-state index in [4.69, 9.17) is 4.74 Å². The predicted molar refractivity (Wildman–Crippen MR) is 142 cm³/mol. The Hall–Kier alpha value is -4.72. The van der Waals surface area contributed by atoms with E-state index in [1.165, 1.54) is 0 Å². The van der Waals surface area contributed by atoms with Crippen LogP contribution in [0, 0.1) is 0 Å². The molecule has 0 aliphatic carbocycles. The third kappa shape index (κ3) is 5.43. The quantitative estimate of drug-likeness (QED) is 0.245. The number of benzene rings is 2. The van der Waals surface area contributed by atoms with E-state index in [0.717, 1.165) is 41.6 Å². The first kappa shape index (κ1) is 24.0. The van der Waals surface area contributed by atoms with Crippen molar-refractivity contribution in [2.75, 3.05) is 13.7 Å². The summed E-state index contributed by atoms with van der Waals surface area (Å²) in [7, 11) is 1.57. The molecule has 0 atom stereocenters. The molecule has 0 radical (unpaired) electrons. The fourth-order valence-corrected chi connectivity index (χ4v) is 4.22. The number of ether oxygens (including phenoxy) is 1. The number of hydrogen-bond acceptors (Lipinski definition) is 6. The van der Waals surface area contributed by atoms with Crippen LogP contribution in [0.3, 0.4) is 0 Å². The summed E-state index contributed by atoms with van der Waals surface area (Å²) in [5, 5.41) is 13.5. The molecule has 186 valence electrons. The van der Waals surface area contributed by atoms with Crippen molar-refractivity contribution in [2.24, 2.45) is 0 Å². The third-order valence-corrected chi connectivity index (χ3v) is 6.14. The molecule has 8 heteroatoms. The number of phenolic OH excluding ortho intramolecular Hbond substituents is 1. The van der Waals surface area contributed by atoms with Crippen LogP contribution in [0.15, 0.2) is 79.1 Å². The molecule has 3 aromatic heterocycles. The number of H-pyrrole nitrogens is 1. The number of nitrogens with one attached hydrogen (secondary N) is 2. The number of pyridine rings is 2. The predicted octanol–water partition coefficient (Wildman–Crippen LogP) is 5.15. The SMILES string of the molecule is COc1ncccc1-c1ccc(O)c(-c2nc3cc(C(=O)NCCCCc4ccccn4)ccc3[nH]2)c1. The van der Waals surface area contributed by atoms with Crippen molar-refractivity contribution in [3.05, 3.63) is 90.4 Å². The Bertz CT molecular complexity index is 1530. The van der Waals surface area contributed by atoms with E-state index >= 15 is 0 Å². The monoisotopic (exact) mass is 493 g/mol. The molecular formula is C29H27N5O3. The number of rotatable bonds is 9. The van der Waals surface area contributed by atoms with Crippen LogP contribution in [0.4, 0.5) is 0 Å². The van der Waals surface area contributed by atoms with Gasteiger partial charge in [0.1, 0.15) is 11.6 Å². The van der Waals surface area contributed by atoms with Gasteiger partial charge in [0.25, 0.3) is 5.91 Å². The first-order valence-corrected chi connectivity index (χ1v) is 12.1. The molecule has 0 spiro atoms. The lowest BCUT2D eigenvalue weighted by molar-refractivity contribution is 0.0953. The summed E-state index contributed by atoms with van der Waals surface area (Å²) in [6.45, 7) is 0.591. The van der Waals surface area contributed by atoms with Gasteiger partial charge in [-0.1, -0.05) is 12.1 Å². The Labute approximate surface area is 214 Å². The number of aromatic hydroxyl groups is 1. The molecule has 0 aliphatic rings. The number of aryl methyl sites for hydroxylation is 1. The number of unbranched alkanes of at least 4 members (excludes halogenated alkanes) is 1. The van der Waals surface area contributed by atoms with Crippen LogP contribution in [0.5, 0.6) is 11.6 Å². The number of phenols is 1. The lowest BCUT2D eigenvalue weighted by atomic mass is 10.0. The Kier molecular flexibility index (Phi) is 7.07. The maximum atomic E-state index is 12.7. The highest BCUT2D eigenvalue weighted by Gasteiger charge is 2.15. The number of imidazole rings is 1. The van der Waals surface area contributed by atoms with Crippen LogP contribution in [0.2, 0.25) is 0 Å². The van der Waals surface area contributed by atoms with Gasteiger partial charge >= 0.3 is 0 Å². The van der Waals surface area contributed by atoms with Crippen molar-refractivity contribution in [1.82, 2.24) is 25.3 Å². The van der Waals surface area contributed by atoms with Crippen LogP contribution in [-0.4, -0.2) is 44.6 Å². The Morgan fingerprint density at radius 3 is 2.70 bits per heavy atom. The summed E-state index contributed by atoms with van der Waals surface area (Å²) < 4.78 is 5.38. The Balaban J connectivity index is 1.29. The highest BCUT2D eigenvalue weighted by molar-refractivity contribution is 5.97. The van der Waals surface area contributed by atoms with Gasteiger partial charge < -0.3 is 20.1 Å². The van der Waals surface area contributed by atoms with Crippen LogP contribution in [0.1, 0.15) is 28.9 Å². The summed E-state index contributed by atoms with van der Waals surface area (Å²) in [6.07, 6.45) is 6.17. The average molecular weight is 494 g/mol. The van der Waals surface area contributed by atoms with Gasteiger partial charge in [-0.2, -0.15) is 0 Å². The number of methoxy groups -OCH3 is 1. The van der Waals surface area contributed by atoms with Gasteiger partial charge in [0.05, 0.1) is 23.7 Å². The maximum Gasteiger partial charge on any atom is 0.251 e. The van der Waals surface area contributed by atoms with Crippen LogP contribution in [-0.2, 0) is 6.42 Å². The molecule has 5 rings (SSSR count). The van der Waals surface area contributed by atoms with Gasteiger partial charge in [-0.15, -0.1) is 0 Å². The summed E-state index contributed by atoms with van der Waals surface area (Å²) in [6, 6.07) is 20.3. The molecule has 0 unspecified atom stereocenters. The van der Waals surface area contributed by atoms with E-state index in [0.29, 0.717) is 34.9 Å². The zero-order chi connectivity index (χ0) is 25.6. The lowest BCUT2D eigenvalue weighted by Gasteiger charge is -2.09. The molecule has 0 saturated carbocycles. The van der Waals surface area contributed by atoms with E-state index in [2.05, 4.69) is 25.3 Å². The van der Waals surface area contributed by atoms with Crippen molar-refractivity contribution >= 4 is 16.9 Å². The lowest BCUT2D eigenvalue weighted by Crippen LogP contribution is -2.24. The molecule has 0 bridgehead atoms. The first-order chi connectivity index (χ1) is 18.1. The number of nitrogens with zero attached hydrogens (tertiary/aromatic N) is 3. The minimum Gasteiger partial charge on any atom is -0.507 e. The minimum absolute atomic E-state index is 0.0920.